The van der Waals surface area contributed by atoms with E-state index in [1.807, 2.05) is 0 Å². The van der Waals surface area contributed by atoms with Crippen molar-refractivity contribution in [3.8, 4) is 0 Å². The van der Waals surface area contributed by atoms with Gasteiger partial charge in [0.15, 0.2) is 0 Å². The van der Waals surface area contributed by atoms with Gasteiger partial charge in [-0.15, -0.1) is 0 Å². The molecule has 0 radical (unpaired) electrons. The van der Waals surface area contributed by atoms with Crippen molar-refractivity contribution in [2.75, 3.05) is 11.9 Å². The maximum atomic E-state index is 12.0. The molecule has 0 bridgehead atoms. The van der Waals surface area contributed by atoms with Crippen molar-refractivity contribution in [2.24, 2.45) is 0 Å². The van der Waals surface area contributed by atoms with E-state index in [4.69, 9.17) is 9.84 Å². The molecule has 0 unspecified atom stereocenters. The minimum atomic E-state index is -1.76. The lowest BCUT2D eigenvalue weighted by atomic mass is 9.79. The van der Waals surface area contributed by atoms with Crippen LogP contribution in [0.15, 0.2) is 18.2 Å². The lowest BCUT2D eigenvalue weighted by Gasteiger charge is -2.25. The number of carboxylic acids is 1. The Hall–Kier alpha value is -2.06. The molecule has 0 aliphatic heterocycles. The number of aliphatic carboxylic acids is 1. The Balaban J connectivity index is 3.13. The predicted octanol–water partition coefficient (Wildman–Crippen LogP) is 0.365. The van der Waals surface area contributed by atoms with E-state index >= 15 is 0 Å². The van der Waals surface area contributed by atoms with Crippen LogP contribution in [0.25, 0.3) is 0 Å². The Morgan fingerprint density at radius 1 is 1.23 bits per heavy atom. The van der Waals surface area contributed by atoms with Crippen LogP contribution in [-0.4, -0.2) is 47.0 Å². The van der Waals surface area contributed by atoms with E-state index in [1.54, 1.807) is 20.8 Å². The van der Waals surface area contributed by atoms with Crippen LogP contribution in [0, 0.1) is 0 Å². The first kappa shape index (κ1) is 18.0. The van der Waals surface area contributed by atoms with Gasteiger partial charge >= 0.3 is 19.2 Å². The molecular weight excluding hydrogens is 289 g/mol. The van der Waals surface area contributed by atoms with E-state index in [0.717, 1.165) is 0 Å². The molecule has 0 spiro atoms. The molecule has 0 saturated heterocycles. The van der Waals surface area contributed by atoms with Crippen molar-refractivity contribution in [2.45, 2.75) is 32.8 Å². The summed E-state index contributed by atoms with van der Waals surface area (Å²) in [6.45, 7) is 5.17. The van der Waals surface area contributed by atoms with E-state index in [9.17, 15) is 19.6 Å². The number of hydrogen-bond donors (Lipinski definition) is 3. The van der Waals surface area contributed by atoms with Crippen molar-refractivity contribution in [3.63, 3.8) is 0 Å². The average Bonchev–Trinajstić information content (AvgIpc) is 2.34. The number of amides is 1. The molecule has 1 rings (SSSR count). The first-order valence-electron chi connectivity index (χ1n) is 6.68. The summed E-state index contributed by atoms with van der Waals surface area (Å²) in [7, 11) is -0.305. The number of carbonyl (C=O) groups is 2. The molecule has 0 saturated carbocycles. The molecule has 22 heavy (non-hydrogen) atoms. The van der Waals surface area contributed by atoms with Gasteiger partial charge in [0.1, 0.15) is 5.60 Å². The summed E-state index contributed by atoms with van der Waals surface area (Å²) < 4.78 is 5.22. The van der Waals surface area contributed by atoms with E-state index in [-0.39, 0.29) is 11.9 Å². The number of carboxylic acid groups (broad SMARTS) is 1. The molecule has 7 nitrogen and oxygen atoms in total. The quantitative estimate of drug-likeness (QED) is 0.693. The van der Waals surface area contributed by atoms with Gasteiger partial charge in [-0.2, -0.15) is 0 Å². The summed E-state index contributed by atoms with van der Waals surface area (Å²) >= 11 is 0. The van der Waals surface area contributed by atoms with Crippen molar-refractivity contribution >= 4 is 30.3 Å². The summed E-state index contributed by atoms with van der Waals surface area (Å²) in [6, 6.07) is 4.25. The van der Waals surface area contributed by atoms with Crippen molar-refractivity contribution in [3.05, 3.63) is 23.8 Å². The lowest BCUT2D eigenvalue weighted by molar-refractivity contribution is -0.136. The Kier molecular flexibility index (Phi) is 5.56. The van der Waals surface area contributed by atoms with Gasteiger partial charge in [0.05, 0.1) is 6.42 Å². The van der Waals surface area contributed by atoms with E-state index in [2.05, 4.69) is 0 Å². The van der Waals surface area contributed by atoms with Gasteiger partial charge in [-0.25, -0.2) is 4.79 Å². The molecule has 1 amide bonds. The van der Waals surface area contributed by atoms with E-state index in [1.165, 1.54) is 30.1 Å². The zero-order chi connectivity index (χ0) is 17.1. The largest absolute Gasteiger partial charge is 0.488 e. The standard InChI is InChI=1S/C14H20BNO6/c1-14(2,3)22-13(19)16(4)11-6-9(7-12(17)18)5-10(8-11)15(20)21/h5-6,8,20-21H,7H2,1-4H3,(H,17,18). The van der Waals surface area contributed by atoms with Crippen LogP contribution >= 0.6 is 0 Å². The van der Waals surface area contributed by atoms with Crippen molar-refractivity contribution in [1.29, 1.82) is 0 Å². The highest BCUT2D eigenvalue weighted by molar-refractivity contribution is 6.58. The number of rotatable bonds is 4. The second-order valence-corrected chi connectivity index (χ2v) is 5.92. The van der Waals surface area contributed by atoms with Crippen molar-refractivity contribution in [1.82, 2.24) is 0 Å². The number of ether oxygens (including phenoxy) is 1. The average molecular weight is 309 g/mol. The third-order valence-corrected chi connectivity index (χ3v) is 2.71. The molecule has 0 heterocycles. The van der Waals surface area contributed by atoms with Gasteiger partial charge < -0.3 is 19.9 Å². The minimum absolute atomic E-state index is 0.101. The highest BCUT2D eigenvalue weighted by Crippen LogP contribution is 2.18. The third-order valence-electron chi connectivity index (χ3n) is 2.71. The smallest absolute Gasteiger partial charge is 0.481 e. The molecule has 8 heteroatoms. The SMILES string of the molecule is CN(C(=O)OC(C)(C)C)c1cc(CC(=O)O)cc(B(O)O)c1. The molecule has 0 aliphatic rings. The minimum Gasteiger partial charge on any atom is -0.481 e. The Morgan fingerprint density at radius 2 is 1.82 bits per heavy atom. The van der Waals surface area contributed by atoms with Gasteiger partial charge in [0.25, 0.3) is 0 Å². The maximum absolute atomic E-state index is 12.0. The first-order valence-corrected chi connectivity index (χ1v) is 6.68. The van der Waals surface area contributed by atoms with E-state index in [0.29, 0.717) is 11.3 Å². The fourth-order valence-corrected chi connectivity index (χ4v) is 1.75. The van der Waals surface area contributed by atoms with Crippen LogP contribution in [-0.2, 0) is 16.0 Å². The summed E-state index contributed by atoms with van der Waals surface area (Å²) in [5.41, 5.74) is 0.0901. The molecular formula is C14H20BNO6. The maximum Gasteiger partial charge on any atom is 0.488 e. The second kappa shape index (κ2) is 6.80. The molecule has 1 aromatic rings. The monoisotopic (exact) mass is 309 g/mol. The van der Waals surface area contributed by atoms with Gasteiger partial charge in [-0.05, 0) is 43.9 Å². The lowest BCUT2D eigenvalue weighted by Crippen LogP contribution is -2.36. The topological polar surface area (TPSA) is 107 Å². The van der Waals surface area contributed by atoms with Gasteiger partial charge in [0, 0.05) is 12.7 Å². The molecule has 0 atom stereocenters. The molecule has 120 valence electrons. The van der Waals surface area contributed by atoms with Crippen LogP contribution < -0.4 is 10.4 Å². The summed E-state index contributed by atoms with van der Waals surface area (Å²) in [6.07, 6.45) is -0.922. The van der Waals surface area contributed by atoms with Gasteiger partial charge in [0.2, 0.25) is 0 Å². The van der Waals surface area contributed by atoms with Crippen LogP contribution in [0.3, 0.4) is 0 Å². The molecule has 3 N–H and O–H groups in total. The van der Waals surface area contributed by atoms with Crippen molar-refractivity contribution < 1.29 is 29.5 Å². The predicted molar refractivity (Wildman–Crippen MR) is 82.2 cm³/mol. The van der Waals surface area contributed by atoms with Crippen LogP contribution in [0.1, 0.15) is 26.3 Å². The Labute approximate surface area is 129 Å². The van der Waals surface area contributed by atoms with Gasteiger partial charge in [-0.3, -0.25) is 9.69 Å². The molecule has 1 aromatic carbocycles. The number of anilines is 1. The van der Waals surface area contributed by atoms with Crippen LogP contribution in [0.5, 0.6) is 0 Å². The number of benzene rings is 1. The molecule has 0 aromatic heterocycles. The normalized spacial score (nSPS) is 11.0. The van der Waals surface area contributed by atoms with Crippen LogP contribution in [0.2, 0.25) is 0 Å². The summed E-state index contributed by atoms with van der Waals surface area (Å²) in [4.78, 5) is 24.0. The Bertz CT molecular complexity index is 567. The highest BCUT2D eigenvalue weighted by atomic mass is 16.6. The highest BCUT2D eigenvalue weighted by Gasteiger charge is 2.22. The molecule has 0 fully saturated rings. The number of hydrogen-bond acceptors (Lipinski definition) is 5. The zero-order valence-electron chi connectivity index (χ0n) is 13.0. The first-order chi connectivity index (χ1) is 9.99. The summed E-state index contributed by atoms with van der Waals surface area (Å²) in [5.74, 6) is -1.06. The second-order valence-electron chi connectivity index (χ2n) is 5.92. The third kappa shape index (κ3) is 5.38. The fraction of sp³-hybridized carbons (Fsp3) is 0.429. The number of carbonyl (C=O) groups excluding carboxylic acids is 1. The van der Waals surface area contributed by atoms with Crippen LogP contribution in [0.4, 0.5) is 10.5 Å². The molecule has 0 aliphatic carbocycles. The number of nitrogens with zero attached hydrogens (tertiary/aromatic N) is 1. The van der Waals surface area contributed by atoms with E-state index < -0.39 is 24.8 Å². The zero-order valence-corrected chi connectivity index (χ0v) is 13.0. The van der Waals surface area contributed by atoms with Gasteiger partial charge in [-0.1, -0.05) is 6.07 Å². The Morgan fingerprint density at radius 3 is 2.27 bits per heavy atom. The summed E-state index contributed by atoms with van der Waals surface area (Å²) in [5, 5.41) is 27.4. The fourth-order valence-electron chi connectivity index (χ4n) is 1.75.